The van der Waals surface area contributed by atoms with Crippen molar-refractivity contribution in [2.24, 2.45) is 0 Å². The minimum atomic E-state index is -1.32. The summed E-state index contributed by atoms with van der Waals surface area (Å²) in [6.45, 7) is 13.6. The van der Waals surface area contributed by atoms with Gasteiger partial charge in [0.1, 0.15) is 5.67 Å². The highest BCUT2D eigenvalue weighted by Crippen LogP contribution is 2.54. The van der Waals surface area contributed by atoms with E-state index in [4.69, 9.17) is 0 Å². The number of rotatable bonds is 0. The van der Waals surface area contributed by atoms with E-state index in [2.05, 4.69) is 4.98 Å². The molecule has 1 atom stereocenters. The molecule has 20 heavy (non-hydrogen) atoms. The van der Waals surface area contributed by atoms with E-state index in [1.807, 2.05) is 59.7 Å². The fourth-order valence-corrected chi connectivity index (χ4v) is 2.69. The first-order valence-corrected chi connectivity index (χ1v) is 7.53. The third-order valence-electron chi connectivity index (χ3n) is 4.14. The van der Waals surface area contributed by atoms with Crippen LogP contribution in [0, 0.1) is 0 Å². The second-order valence-electron chi connectivity index (χ2n) is 5.22. The van der Waals surface area contributed by atoms with Crippen LogP contribution in [0.2, 0.25) is 0 Å². The molecule has 1 aliphatic carbocycles. The predicted octanol–water partition coefficient (Wildman–Crippen LogP) is 5.76. The van der Waals surface area contributed by atoms with Gasteiger partial charge in [0.25, 0.3) is 0 Å². The van der Waals surface area contributed by atoms with Crippen LogP contribution in [0.3, 0.4) is 0 Å². The van der Waals surface area contributed by atoms with E-state index in [0.29, 0.717) is 0 Å². The number of benzene rings is 1. The molecule has 0 fully saturated rings. The smallest absolute Gasteiger partial charge is 0.142 e. The van der Waals surface area contributed by atoms with Crippen LogP contribution in [0.25, 0.3) is 10.8 Å². The summed E-state index contributed by atoms with van der Waals surface area (Å²) in [7, 11) is 0. The topological polar surface area (TPSA) is 12.9 Å². The zero-order valence-electron chi connectivity index (χ0n) is 13.7. The largest absolute Gasteiger partial charge is 0.264 e. The maximum Gasteiger partial charge on any atom is 0.142 e. The molecule has 0 saturated carbocycles. The van der Waals surface area contributed by atoms with E-state index < -0.39 is 11.1 Å². The monoisotopic (exact) mass is 275 g/mol. The third-order valence-corrected chi connectivity index (χ3v) is 4.14. The van der Waals surface area contributed by atoms with Gasteiger partial charge in [0, 0.05) is 23.2 Å². The van der Waals surface area contributed by atoms with Gasteiger partial charge in [-0.25, -0.2) is 4.39 Å². The van der Waals surface area contributed by atoms with Crippen molar-refractivity contribution in [1.82, 2.24) is 4.98 Å². The fraction of sp³-hybridized carbons (Fsp3) is 0.500. The Balaban J connectivity index is 0.000000461. The lowest BCUT2D eigenvalue weighted by atomic mass is 9.76. The number of nitrogens with zero attached hydrogens (tertiary/aromatic N) is 1. The van der Waals surface area contributed by atoms with Crippen LogP contribution in [-0.2, 0) is 11.1 Å². The molecule has 1 unspecified atom stereocenters. The first kappa shape index (κ1) is 16.6. The van der Waals surface area contributed by atoms with Crippen molar-refractivity contribution in [2.45, 2.75) is 59.5 Å². The Labute approximate surface area is 122 Å². The first-order chi connectivity index (χ1) is 9.46. The molecule has 0 N–H and O–H groups in total. The van der Waals surface area contributed by atoms with Crippen LogP contribution >= 0.6 is 0 Å². The summed E-state index contributed by atoms with van der Waals surface area (Å²) in [5.74, 6) is 0. The molecule has 1 heterocycles. The van der Waals surface area contributed by atoms with E-state index >= 15 is 0 Å². The van der Waals surface area contributed by atoms with Crippen molar-refractivity contribution < 1.29 is 4.39 Å². The lowest BCUT2D eigenvalue weighted by Crippen LogP contribution is -2.34. The van der Waals surface area contributed by atoms with Crippen molar-refractivity contribution in [3.63, 3.8) is 0 Å². The fourth-order valence-electron chi connectivity index (χ4n) is 2.69. The van der Waals surface area contributed by atoms with Gasteiger partial charge in [0.2, 0.25) is 0 Å². The van der Waals surface area contributed by atoms with Crippen molar-refractivity contribution in [3.05, 3.63) is 41.7 Å². The van der Waals surface area contributed by atoms with Crippen LogP contribution in [0.5, 0.6) is 0 Å². The third kappa shape index (κ3) is 2.11. The quantitative estimate of drug-likeness (QED) is 0.595. The molecule has 1 aromatic heterocycles. The molecular formula is C18H26FN. The zero-order valence-corrected chi connectivity index (χ0v) is 13.7. The SMILES string of the molecule is CC.CC.CC1(C)c2cncc3cccc(c23)C1(C)F. The second-order valence-corrected chi connectivity index (χ2v) is 5.22. The maximum absolute atomic E-state index is 14.9. The van der Waals surface area contributed by atoms with E-state index in [-0.39, 0.29) is 0 Å². The number of pyridine rings is 1. The lowest BCUT2D eigenvalue weighted by molar-refractivity contribution is 0.101. The van der Waals surface area contributed by atoms with Gasteiger partial charge >= 0.3 is 0 Å². The van der Waals surface area contributed by atoms with Crippen molar-refractivity contribution in [1.29, 1.82) is 0 Å². The number of halogens is 1. The van der Waals surface area contributed by atoms with Gasteiger partial charge < -0.3 is 0 Å². The number of aromatic nitrogens is 1. The molecule has 0 amide bonds. The highest BCUT2D eigenvalue weighted by Gasteiger charge is 2.51. The minimum Gasteiger partial charge on any atom is -0.264 e. The molecule has 1 aliphatic rings. The summed E-state index contributed by atoms with van der Waals surface area (Å²) >= 11 is 0. The number of hydrogen-bond acceptors (Lipinski definition) is 1. The lowest BCUT2D eigenvalue weighted by Gasteiger charge is -2.32. The van der Waals surface area contributed by atoms with Crippen LogP contribution in [-0.4, -0.2) is 4.98 Å². The molecular weight excluding hydrogens is 249 g/mol. The Hall–Kier alpha value is -1.44. The summed E-state index contributed by atoms with van der Waals surface area (Å²) in [5.41, 5.74) is -0.0147. The Morgan fingerprint density at radius 2 is 1.50 bits per heavy atom. The van der Waals surface area contributed by atoms with E-state index in [9.17, 15) is 4.39 Å². The van der Waals surface area contributed by atoms with Crippen LogP contribution in [0.15, 0.2) is 30.6 Å². The Bertz CT molecular complexity index is 536. The molecule has 1 aromatic carbocycles. The van der Waals surface area contributed by atoms with Crippen LogP contribution in [0.1, 0.15) is 59.6 Å². The summed E-state index contributed by atoms with van der Waals surface area (Å²) < 4.78 is 14.9. The van der Waals surface area contributed by atoms with Gasteiger partial charge in [-0.2, -0.15) is 0 Å². The number of alkyl halides is 1. The van der Waals surface area contributed by atoms with Crippen molar-refractivity contribution >= 4 is 10.8 Å². The summed E-state index contributed by atoms with van der Waals surface area (Å²) in [4.78, 5) is 4.21. The molecule has 2 aromatic rings. The van der Waals surface area contributed by atoms with Crippen LogP contribution in [0.4, 0.5) is 4.39 Å². The van der Waals surface area contributed by atoms with E-state index in [1.165, 1.54) is 0 Å². The second kappa shape index (κ2) is 5.90. The van der Waals surface area contributed by atoms with E-state index in [1.54, 1.807) is 19.3 Å². The van der Waals surface area contributed by atoms with Gasteiger partial charge in [-0.15, -0.1) is 0 Å². The highest BCUT2D eigenvalue weighted by molar-refractivity contribution is 5.92. The zero-order chi connectivity index (χ0) is 15.6. The molecule has 0 spiro atoms. The summed E-state index contributed by atoms with van der Waals surface area (Å²) in [5, 5.41) is 2.08. The van der Waals surface area contributed by atoms with Crippen molar-refractivity contribution in [2.75, 3.05) is 0 Å². The Morgan fingerprint density at radius 3 is 2.10 bits per heavy atom. The standard InChI is InChI=1S/C14H14FN.2C2H6/c1-13(2)11-8-16-7-9-5-4-6-10(12(9)11)14(13,3)15;2*1-2/h4-8H,1-3H3;2*1-2H3. The minimum absolute atomic E-state index is 0.511. The molecule has 3 rings (SSSR count). The summed E-state index contributed by atoms with van der Waals surface area (Å²) in [6, 6.07) is 5.79. The molecule has 0 aliphatic heterocycles. The Morgan fingerprint density at radius 1 is 0.900 bits per heavy atom. The highest BCUT2D eigenvalue weighted by atomic mass is 19.1. The van der Waals surface area contributed by atoms with E-state index in [0.717, 1.165) is 21.9 Å². The molecule has 2 heteroatoms. The first-order valence-electron chi connectivity index (χ1n) is 7.53. The van der Waals surface area contributed by atoms with Crippen molar-refractivity contribution in [3.8, 4) is 0 Å². The molecule has 0 bridgehead atoms. The molecule has 0 saturated heterocycles. The maximum atomic E-state index is 14.9. The van der Waals surface area contributed by atoms with Gasteiger partial charge in [0.15, 0.2) is 0 Å². The van der Waals surface area contributed by atoms with Gasteiger partial charge in [-0.1, -0.05) is 59.7 Å². The van der Waals surface area contributed by atoms with Gasteiger partial charge in [-0.3, -0.25) is 4.98 Å². The molecule has 110 valence electrons. The predicted molar refractivity (Wildman–Crippen MR) is 85.9 cm³/mol. The van der Waals surface area contributed by atoms with Gasteiger partial charge in [0.05, 0.1) is 0 Å². The molecule has 1 nitrogen and oxygen atoms in total. The average Bonchev–Trinajstić information content (AvgIpc) is 2.64. The normalized spacial score (nSPS) is 21.6. The van der Waals surface area contributed by atoms with Gasteiger partial charge in [-0.05, 0) is 23.4 Å². The number of hydrogen-bond donors (Lipinski definition) is 0. The Kier molecular flexibility index (Phi) is 4.90. The molecule has 0 radical (unpaired) electrons. The van der Waals surface area contributed by atoms with Crippen LogP contribution < -0.4 is 0 Å². The average molecular weight is 275 g/mol. The summed E-state index contributed by atoms with van der Waals surface area (Å²) in [6.07, 6.45) is 3.61.